The molecule has 1 aromatic heterocycles. The lowest BCUT2D eigenvalue weighted by molar-refractivity contribution is 0.857. The van der Waals surface area contributed by atoms with Gasteiger partial charge in [-0.15, -0.1) is 11.8 Å². The molecule has 88 valence electrons. The van der Waals surface area contributed by atoms with Gasteiger partial charge in [-0.2, -0.15) is 11.8 Å². The molecule has 0 spiro atoms. The van der Waals surface area contributed by atoms with E-state index in [4.69, 9.17) is 12.2 Å². The molecule has 1 atom stereocenters. The molecule has 0 bridgehead atoms. The van der Waals surface area contributed by atoms with Crippen molar-refractivity contribution in [3.8, 4) is 0 Å². The van der Waals surface area contributed by atoms with Crippen LogP contribution in [0.1, 0.15) is 29.3 Å². The van der Waals surface area contributed by atoms with Crippen molar-refractivity contribution in [2.24, 2.45) is 0 Å². The van der Waals surface area contributed by atoms with Crippen molar-refractivity contribution in [2.75, 3.05) is 17.3 Å². The summed E-state index contributed by atoms with van der Waals surface area (Å²) in [4.78, 5) is 7.99. The van der Waals surface area contributed by atoms with E-state index in [1.807, 2.05) is 23.5 Å². The zero-order chi connectivity index (χ0) is 11.5. The van der Waals surface area contributed by atoms with Crippen molar-refractivity contribution in [3.05, 3.63) is 21.7 Å². The Balaban J connectivity index is 2.33. The predicted octanol–water partition coefficient (Wildman–Crippen LogP) is 3.53. The number of hydrogen-bond acceptors (Lipinski definition) is 4. The molecule has 1 aliphatic heterocycles. The van der Waals surface area contributed by atoms with Crippen molar-refractivity contribution in [3.63, 3.8) is 0 Å². The highest BCUT2D eigenvalue weighted by Crippen LogP contribution is 2.35. The first-order valence-electron chi connectivity index (χ1n) is 5.51. The number of aromatic amines is 1. The quantitative estimate of drug-likeness (QED) is 0.834. The molecule has 1 unspecified atom stereocenters. The molecule has 1 N–H and O–H groups in total. The van der Waals surface area contributed by atoms with Crippen LogP contribution in [0.4, 0.5) is 0 Å². The second kappa shape index (κ2) is 5.56. The Morgan fingerprint density at radius 2 is 2.31 bits per heavy atom. The highest BCUT2D eigenvalue weighted by molar-refractivity contribution is 8.06. The molecule has 2 heterocycles. The Morgan fingerprint density at radius 3 is 2.94 bits per heavy atom. The van der Waals surface area contributed by atoms with Crippen LogP contribution in [0.25, 0.3) is 0 Å². The Bertz CT molecular complexity index is 422. The maximum absolute atomic E-state index is 5.32. The van der Waals surface area contributed by atoms with Gasteiger partial charge in [-0.25, -0.2) is 4.98 Å². The molecule has 2 rings (SSSR count). The van der Waals surface area contributed by atoms with E-state index in [1.54, 1.807) is 0 Å². The molecule has 16 heavy (non-hydrogen) atoms. The fourth-order valence-electron chi connectivity index (χ4n) is 1.75. The first-order valence-corrected chi connectivity index (χ1v) is 8.12. The summed E-state index contributed by atoms with van der Waals surface area (Å²) in [7, 11) is 0. The lowest BCUT2D eigenvalue weighted by Crippen LogP contribution is -2.12. The summed E-state index contributed by atoms with van der Waals surface area (Å²) >= 11 is 9.31. The first-order chi connectivity index (χ1) is 7.72. The van der Waals surface area contributed by atoms with Gasteiger partial charge in [0, 0.05) is 28.5 Å². The minimum absolute atomic E-state index is 0.492. The molecule has 0 aromatic carbocycles. The third-order valence-corrected chi connectivity index (χ3v) is 5.91. The SMILES string of the molecule is CCc1[nH]c(C2CSCCS2)nc(=S)c1C. The van der Waals surface area contributed by atoms with Crippen LogP contribution in [0.3, 0.4) is 0 Å². The van der Waals surface area contributed by atoms with Crippen LogP contribution < -0.4 is 0 Å². The van der Waals surface area contributed by atoms with Gasteiger partial charge >= 0.3 is 0 Å². The summed E-state index contributed by atoms with van der Waals surface area (Å²) in [6.07, 6.45) is 0.996. The summed E-state index contributed by atoms with van der Waals surface area (Å²) < 4.78 is 0.766. The van der Waals surface area contributed by atoms with Crippen molar-refractivity contribution in [1.29, 1.82) is 0 Å². The van der Waals surface area contributed by atoms with E-state index >= 15 is 0 Å². The van der Waals surface area contributed by atoms with E-state index in [2.05, 4.69) is 23.8 Å². The van der Waals surface area contributed by atoms with Gasteiger partial charge in [0.1, 0.15) is 10.5 Å². The third kappa shape index (κ3) is 2.63. The number of rotatable bonds is 2. The van der Waals surface area contributed by atoms with Crippen molar-refractivity contribution < 1.29 is 0 Å². The molecule has 1 fully saturated rings. The second-order valence-electron chi connectivity index (χ2n) is 3.82. The maximum atomic E-state index is 5.32. The van der Waals surface area contributed by atoms with E-state index in [9.17, 15) is 0 Å². The summed E-state index contributed by atoms with van der Waals surface area (Å²) in [5, 5.41) is 0.492. The molecule has 0 radical (unpaired) electrons. The smallest absolute Gasteiger partial charge is 0.132 e. The van der Waals surface area contributed by atoms with E-state index in [-0.39, 0.29) is 0 Å². The summed E-state index contributed by atoms with van der Waals surface area (Å²) in [5.41, 5.74) is 2.38. The molecular weight excluding hydrogens is 256 g/mol. The fourth-order valence-corrected chi connectivity index (χ4v) is 4.59. The maximum Gasteiger partial charge on any atom is 0.132 e. The van der Waals surface area contributed by atoms with Crippen LogP contribution in [-0.2, 0) is 6.42 Å². The Hall–Kier alpha value is -0.0000000000000000833. The highest BCUT2D eigenvalue weighted by Gasteiger charge is 2.19. The van der Waals surface area contributed by atoms with Gasteiger partial charge in [0.25, 0.3) is 0 Å². The van der Waals surface area contributed by atoms with Gasteiger partial charge in [0.05, 0.1) is 5.25 Å². The number of aryl methyl sites for hydroxylation is 1. The van der Waals surface area contributed by atoms with Crippen LogP contribution in [-0.4, -0.2) is 27.2 Å². The average Bonchev–Trinajstić information content (AvgIpc) is 2.33. The van der Waals surface area contributed by atoms with Gasteiger partial charge < -0.3 is 4.98 Å². The zero-order valence-corrected chi connectivity index (χ0v) is 12.0. The number of nitrogens with zero attached hydrogens (tertiary/aromatic N) is 1. The van der Waals surface area contributed by atoms with Crippen LogP contribution in [0.15, 0.2) is 0 Å². The van der Waals surface area contributed by atoms with Crippen molar-refractivity contribution >= 4 is 35.7 Å². The van der Waals surface area contributed by atoms with Crippen LogP contribution in [0.5, 0.6) is 0 Å². The van der Waals surface area contributed by atoms with Crippen LogP contribution >= 0.6 is 35.7 Å². The minimum Gasteiger partial charge on any atom is -0.346 e. The molecule has 5 heteroatoms. The van der Waals surface area contributed by atoms with Gasteiger partial charge in [0.2, 0.25) is 0 Å². The Morgan fingerprint density at radius 1 is 1.50 bits per heavy atom. The van der Waals surface area contributed by atoms with Gasteiger partial charge in [-0.3, -0.25) is 0 Å². The number of nitrogens with one attached hydrogen (secondary N) is 1. The molecule has 0 aliphatic carbocycles. The monoisotopic (exact) mass is 272 g/mol. The van der Waals surface area contributed by atoms with Crippen molar-refractivity contribution in [1.82, 2.24) is 9.97 Å². The normalized spacial score (nSPS) is 21.0. The van der Waals surface area contributed by atoms with E-state index < -0.39 is 0 Å². The number of H-pyrrole nitrogens is 1. The van der Waals surface area contributed by atoms with Gasteiger partial charge in [-0.1, -0.05) is 19.1 Å². The summed E-state index contributed by atoms with van der Waals surface area (Å²) in [6.45, 7) is 4.21. The molecule has 1 saturated heterocycles. The second-order valence-corrected chi connectivity index (χ2v) is 6.67. The molecule has 1 aromatic rings. The third-order valence-electron chi connectivity index (χ3n) is 2.75. The standard InChI is InChI=1S/C11H16N2S3/c1-3-8-7(2)11(14)13-10(12-8)9-6-15-4-5-16-9/h9H,3-6H2,1-2H3,(H,12,13,14). The molecule has 1 aliphatic rings. The highest BCUT2D eigenvalue weighted by atomic mass is 32.2. The lowest BCUT2D eigenvalue weighted by Gasteiger charge is -2.21. The van der Waals surface area contributed by atoms with Gasteiger partial charge in [-0.05, 0) is 13.3 Å². The first kappa shape index (κ1) is 12.5. The number of aromatic nitrogens is 2. The van der Waals surface area contributed by atoms with Crippen molar-refractivity contribution in [2.45, 2.75) is 25.5 Å². The Labute approximate surface area is 110 Å². The molecule has 0 saturated carbocycles. The number of thioether (sulfide) groups is 2. The average molecular weight is 272 g/mol. The van der Waals surface area contributed by atoms with E-state index in [0.717, 1.165) is 28.2 Å². The topological polar surface area (TPSA) is 28.7 Å². The summed E-state index contributed by atoms with van der Waals surface area (Å²) in [6, 6.07) is 0. The molecule has 2 nitrogen and oxygen atoms in total. The minimum atomic E-state index is 0.492. The van der Waals surface area contributed by atoms with Gasteiger partial charge in [0.15, 0.2) is 0 Å². The number of hydrogen-bond donors (Lipinski definition) is 1. The van der Waals surface area contributed by atoms with E-state index in [0.29, 0.717) is 5.25 Å². The summed E-state index contributed by atoms with van der Waals surface area (Å²) in [5.74, 6) is 4.70. The molecular formula is C11H16N2S3. The predicted molar refractivity (Wildman–Crippen MR) is 76.1 cm³/mol. The Kier molecular flexibility index (Phi) is 4.33. The fraction of sp³-hybridized carbons (Fsp3) is 0.636. The van der Waals surface area contributed by atoms with Crippen LogP contribution in [0.2, 0.25) is 0 Å². The van der Waals surface area contributed by atoms with E-state index in [1.165, 1.54) is 17.2 Å². The zero-order valence-electron chi connectivity index (χ0n) is 9.58. The molecule has 0 amide bonds. The lowest BCUT2D eigenvalue weighted by atomic mass is 10.2. The largest absolute Gasteiger partial charge is 0.346 e. The van der Waals surface area contributed by atoms with Crippen LogP contribution in [0, 0.1) is 11.6 Å².